The molecule has 0 spiro atoms. The Labute approximate surface area is 240 Å². The van der Waals surface area contributed by atoms with Crippen LogP contribution in [0.2, 0.25) is 0 Å². The number of urea groups is 1. The summed E-state index contributed by atoms with van der Waals surface area (Å²) in [5.41, 5.74) is 0.477. The molecule has 2 aromatic carbocycles. The van der Waals surface area contributed by atoms with Crippen molar-refractivity contribution >= 4 is 27.6 Å². The molecule has 1 aliphatic heterocycles. The number of likely N-dealkylation sites (N-methyl/N-ethyl adjacent to an activating group) is 1. The van der Waals surface area contributed by atoms with Gasteiger partial charge in [0, 0.05) is 25.6 Å². The number of rotatable bonds is 8. The molecule has 12 heteroatoms. The molecule has 0 radical (unpaired) electrons. The molecule has 1 fully saturated rings. The van der Waals surface area contributed by atoms with Gasteiger partial charge in [0.05, 0.1) is 35.3 Å². The van der Waals surface area contributed by atoms with E-state index in [4.69, 9.17) is 4.74 Å². The molecule has 1 heterocycles. The Balaban J connectivity index is 1.65. The summed E-state index contributed by atoms with van der Waals surface area (Å²) in [5, 5.41) is 15.7. The summed E-state index contributed by atoms with van der Waals surface area (Å²) in [6, 6.07) is 8.58. The maximum Gasteiger partial charge on any atom is 0.319 e. The third kappa shape index (κ3) is 7.17. The first kappa shape index (κ1) is 30.7. The number of nitrogens with zero attached hydrogens (tertiary/aromatic N) is 2. The second kappa shape index (κ2) is 13.2. The molecule has 2 aromatic rings. The van der Waals surface area contributed by atoms with E-state index in [0.29, 0.717) is 0 Å². The second-order valence-electron chi connectivity index (χ2n) is 11.0. The fourth-order valence-corrected chi connectivity index (χ4v) is 6.47. The number of aliphatic hydroxyl groups excluding tert-OH is 1. The van der Waals surface area contributed by atoms with Crippen molar-refractivity contribution < 1.29 is 32.2 Å². The molecule has 0 aromatic heterocycles. The normalized spacial score (nSPS) is 20.9. The molecule has 3 amide bonds. The lowest BCUT2D eigenvalue weighted by Gasteiger charge is -2.38. The first-order valence-corrected chi connectivity index (χ1v) is 15.5. The number of carbonyl (C=O) groups excluding carboxylic acids is 2. The van der Waals surface area contributed by atoms with E-state index >= 15 is 0 Å². The minimum atomic E-state index is -3.98. The Hall–Kier alpha value is -3.22. The van der Waals surface area contributed by atoms with Crippen molar-refractivity contribution in [3.05, 3.63) is 53.8 Å². The first-order valence-electron chi connectivity index (χ1n) is 14.0. The Morgan fingerprint density at radius 1 is 1.17 bits per heavy atom. The summed E-state index contributed by atoms with van der Waals surface area (Å²) in [7, 11) is -2.57. The van der Waals surface area contributed by atoms with E-state index in [0.717, 1.165) is 48.5 Å². The number of amides is 3. The minimum Gasteiger partial charge on any atom is -0.486 e. The molecule has 10 nitrogen and oxygen atoms in total. The standard InChI is InChI=1S/C29H39FN4O6S/c1-19-16-34(20(2)18-35)28(36)24-10-7-11-25(32-29(37)31-22-8-5-4-6-9-22)27(24)40-26(19)17-33(3)41(38,39)23-14-12-21(30)13-15-23/h7,10-15,19-20,22,26,35H,4-6,8-9,16-18H2,1-3H3,(H2,31,32,37)/t19-,20-,26-/m0/s1. The number of nitrogens with one attached hydrogen (secondary N) is 2. The first-order chi connectivity index (χ1) is 19.5. The van der Waals surface area contributed by atoms with Crippen LogP contribution in [0.5, 0.6) is 5.75 Å². The van der Waals surface area contributed by atoms with Crippen LogP contribution in [0.15, 0.2) is 47.4 Å². The Bertz CT molecular complexity index is 1330. The molecule has 1 saturated carbocycles. The number of benzene rings is 2. The molecule has 0 unspecified atom stereocenters. The van der Waals surface area contributed by atoms with Gasteiger partial charge in [-0.1, -0.05) is 32.3 Å². The van der Waals surface area contributed by atoms with Gasteiger partial charge >= 0.3 is 6.03 Å². The monoisotopic (exact) mass is 590 g/mol. The van der Waals surface area contributed by atoms with E-state index in [1.807, 2.05) is 6.92 Å². The molecule has 2 aliphatic rings. The highest BCUT2D eigenvalue weighted by molar-refractivity contribution is 7.89. The number of halogens is 1. The van der Waals surface area contributed by atoms with Crippen LogP contribution in [-0.2, 0) is 10.0 Å². The van der Waals surface area contributed by atoms with E-state index in [-0.39, 0.29) is 59.5 Å². The maximum absolute atomic E-state index is 13.7. The summed E-state index contributed by atoms with van der Waals surface area (Å²) in [6.45, 7) is 3.42. The number of carbonyl (C=O) groups is 2. The van der Waals surface area contributed by atoms with Crippen molar-refractivity contribution in [2.24, 2.45) is 5.92 Å². The zero-order valence-corrected chi connectivity index (χ0v) is 24.5. The van der Waals surface area contributed by atoms with Gasteiger partial charge in [0.2, 0.25) is 10.0 Å². The van der Waals surface area contributed by atoms with E-state index in [1.165, 1.54) is 19.2 Å². The van der Waals surface area contributed by atoms with E-state index in [1.54, 1.807) is 30.0 Å². The van der Waals surface area contributed by atoms with Gasteiger partial charge < -0.3 is 25.4 Å². The van der Waals surface area contributed by atoms with Crippen LogP contribution >= 0.6 is 0 Å². The number of ether oxygens (including phenoxy) is 1. The SMILES string of the molecule is C[C@H]1CN([C@@H](C)CO)C(=O)c2cccc(NC(=O)NC3CCCCC3)c2O[C@H]1CN(C)S(=O)(=O)c1ccc(F)cc1. The van der Waals surface area contributed by atoms with Crippen molar-refractivity contribution in [3.8, 4) is 5.75 Å². The number of anilines is 1. The molecule has 224 valence electrons. The Kier molecular flexibility index (Phi) is 9.88. The second-order valence-corrected chi connectivity index (χ2v) is 13.0. The lowest BCUT2D eigenvalue weighted by Crippen LogP contribution is -2.50. The molecule has 0 bridgehead atoms. The number of para-hydroxylation sites is 1. The molecular weight excluding hydrogens is 551 g/mol. The molecule has 3 atom stereocenters. The fourth-order valence-electron chi connectivity index (χ4n) is 5.29. The predicted octanol–water partition coefficient (Wildman–Crippen LogP) is 3.82. The van der Waals surface area contributed by atoms with Crippen molar-refractivity contribution in [1.82, 2.24) is 14.5 Å². The topological polar surface area (TPSA) is 128 Å². The average Bonchev–Trinajstić information content (AvgIpc) is 2.95. The van der Waals surface area contributed by atoms with Gasteiger partial charge in [0.25, 0.3) is 5.91 Å². The Morgan fingerprint density at radius 2 is 1.85 bits per heavy atom. The van der Waals surface area contributed by atoms with Crippen LogP contribution in [0.3, 0.4) is 0 Å². The van der Waals surface area contributed by atoms with Gasteiger partial charge in [-0.15, -0.1) is 0 Å². The number of sulfonamides is 1. The highest BCUT2D eigenvalue weighted by Crippen LogP contribution is 2.35. The molecule has 1 aliphatic carbocycles. The van der Waals surface area contributed by atoms with Gasteiger partial charge in [0.1, 0.15) is 11.9 Å². The summed E-state index contributed by atoms with van der Waals surface area (Å²) in [4.78, 5) is 28.1. The van der Waals surface area contributed by atoms with E-state index in [2.05, 4.69) is 10.6 Å². The third-order valence-corrected chi connectivity index (χ3v) is 9.68. The van der Waals surface area contributed by atoms with Gasteiger partial charge in [-0.2, -0.15) is 4.31 Å². The van der Waals surface area contributed by atoms with Crippen molar-refractivity contribution in [1.29, 1.82) is 0 Å². The van der Waals surface area contributed by atoms with Crippen molar-refractivity contribution in [2.45, 2.75) is 69.0 Å². The molecule has 3 N–H and O–H groups in total. The summed E-state index contributed by atoms with van der Waals surface area (Å²) in [6.07, 6.45) is 4.32. The van der Waals surface area contributed by atoms with Gasteiger partial charge in [-0.25, -0.2) is 17.6 Å². The zero-order chi connectivity index (χ0) is 29.7. The van der Waals surface area contributed by atoms with Crippen molar-refractivity contribution in [2.75, 3.05) is 32.1 Å². The van der Waals surface area contributed by atoms with E-state index in [9.17, 15) is 27.5 Å². The maximum atomic E-state index is 13.7. The number of hydrogen-bond acceptors (Lipinski definition) is 6. The summed E-state index contributed by atoms with van der Waals surface area (Å²) in [5.74, 6) is -1.14. The van der Waals surface area contributed by atoms with Gasteiger partial charge in [-0.3, -0.25) is 4.79 Å². The highest BCUT2D eigenvalue weighted by atomic mass is 32.2. The van der Waals surface area contributed by atoms with Crippen molar-refractivity contribution in [3.63, 3.8) is 0 Å². The third-order valence-electron chi connectivity index (χ3n) is 7.84. The van der Waals surface area contributed by atoms with Gasteiger partial charge in [-0.05, 0) is 56.2 Å². The molecule has 0 saturated heterocycles. The molecule has 4 rings (SSSR count). The smallest absolute Gasteiger partial charge is 0.319 e. The van der Waals surface area contributed by atoms with Gasteiger partial charge in [0.15, 0.2) is 5.75 Å². The lowest BCUT2D eigenvalue weighted by atomic mass is 9.96. The highest BCUT2D eigenvalue weighted by Gasteiger charge is 2.36. The number of aliphatic hydroxyl groups is 1. The van der Waals surface area contributed by atoms with Crippen LogP contribution in [0.4, 0.5) is 14.9 Å². The summed E-state index contributed by atoms with van der Waals surface area (Å²) < 4.78 is 47.5. The summed E-state index contributed by atoms with van der Waals surface area (Å²) >= 11 is 0. The molecular formula is C29H39FN4O6S. The number of hydrogen-bond donors (Lipinski definition) is 3. The molecule has 41 heavy (non-hydrogen) atoms. The average molecular weight is 591 g/mol. The van der Waals surface area contributed by atoms with Crippen LogP contribution in [-0.4, -0.2) is 79.6 Å². The van der Waals surface area contributed by atoms with Crippen LogP contribution < -0.4 is 15.4 Å². The Morgan fingerprint density at radius 3 is 2.51 bits per heavy atom. The largest absolute Gasteiger partial charge is 0.486 e. The van der Waals surface area contributed by atoms with E-state index < -0.39 is 34.0 Å². The zero-order valence-electron chi connectivity index (χ0n) is 23.7. The van der Waals surface area contributed by atoms with Crippen LogP contribution in [0, 0.1) is 11.7 Å². The van der Waals surface area contributed by atoms with Crippen LogP contribution in [0.1, 0.15) is 56.3 Å². The quantitative estimate of drug-likeness (QED) is 0.429. The van der Waals surface area contributed by atoms with Crippen LogP contribution in [0.25, 0.3) is 0 Å². The predicted molar refractivity (Wildman–Crippen MR) is 153 cm³/mol. The minimum absolute atomic E-state index is 0.0623. The number of fused-ring (bicyclic) bond motifs is 1. The lowest BCUT2D eigenvalue weighted by molar-refractivity contribution is 0.0389. The fraction of sp³-hybridized carbons (Fsp3) is 0.517.